The highest BCUT2D eigenvalue weighted by Gasteiger charge is 2.34. The van der Waals surface area contributed by atoms with Crippen LogP contribution in [0.3, 0.4) is 0 Å². The number of nitrogens with zero attached hydrogens (tertiary/aromatic N) is 1. The Kier molecular flexibility index (Phi) is 5.69. The van der Waals surface area contributed by atoms with Crippen molar-refractivity contribution >= 4 is 17.3 Å². The van der Waals surface area contributed by atoms with E-state index in [-0.39, 0.29) is 11.3 Å². The maximum absolute atomic E-state index is 13.3. The Morgan fingerprint density at radius 1 is 1.16 bits per heavy atom. The zero-order valence-electron chi connectivity index (χ0n) is 14.1. The lowest BCUT2D eigenvalue weighted by Crippen LogP contribution is -2.18. The summed E-state index contributed by atoms with van der Waals surface area (Å²) in [5.74, 6) is -0.610. The average molecular weight is 352 g/mol. The number of rotatable bonds is 5. The van der Waals surface area contributed by atoms with E-state index in [0.717, 1.165) is 11.6 Å². The van der Waals surface area contributed by atoms with Gasteiger partial charge in [-0.2, -0.15) is 13.2 Å². The highest BCUT2D eigenvalue weighted by molar-refractivity contribution is 6.04. The van der Waals surface area contributed by atoms with E-state index in [0.29, 0.717) is 12.3 Å². The molecule has 0 bridgehead atoms. The van der Waals surface area contributed by atoms with Crippen LogP contribution >= 0.6 is 0 Å². The molecule has 1 amide bonds. The second-order valence-corrected chi connectivity index (χ2v) is 5.71. The molecule has 0 aliphatic heterocycles. The van der Waals surface area contributed by atoms with Crippen molar-refractivity contribution in [1.82, 2.24) is 0 Å². The minimum Gasteiger partial charge on any atom is -0.380 e. The molecule has 2 rings (SSSR count). The van der Waals surface area contributed by atoms with Crippen LogP contribution in [0.1, 0.15) is 21.5 Å². The van der Waals surface area contributed by atoms with E-state index in [9.17, 15) is 18.0 Å². The molecular formula is C18H19F3N2O2. The average Bonchev–Trinajstić information content (AvgIpc) is 2.54. The number of carbonyl (C=O) groups excluding carboxylic acids is 1. The smallest absolute Gasteiger partial charge is 0.380 e. The third-order valence-corrected chi connectivity index (χ3v) is 3.57. The summed E-state index contributed by atoms with van der Waals surface area (Å²) < 4.78 is 45.0. The van der Waals surface area contributed by atoms with Gasteiger partial charge in [0.1, 0.15) is 0 Å². The number of alkyl halides is 3. The first kappa shape index (κ1) is 18.8. The van der Waals surface area contributed by atoms with Gasteiger partial charge in [-0.15, -0.1) is 0 Å². The molecule has 134 valence electrons. The van der Waals surface area contributed by atoms with Crippen LogP contribution in [0.25, 0.3) is 0 Å². The Labute approximate surface area is 144 Å². The summed E-state index contributed by atoms with van der Waals surface area (Å²) >= 11 is 0. The molecule has 1 N–H and O–H groups in total. The number of ether oxygens (including phenoxy) is 1. The first-order valence-electron chi connectivity index (χ1n) is 7.50. The number of nitrogens with one attached hydrogen (secondary N) is 1. The van der Waals surface area contributed by atoms with Gasteiger partial charge in [-0.25, -0.2) is 0 Å². The highest BCUT2D eigenvalue weighted by atomic mass is 19.4. The molecule has 0 saturated carbocycles. The number of hydrogen-bond donors (Lipinski definition) is 1. The van der Waals surface area contributed by atoms with Crippen molar-refractivity contribution in [3.8, 4) is 0 Å². The van der Waals surface area contributed by atoms with Crippen LogP contribution in [0.2, 0.25) is 0 Å². The normalized spacial score (nSPS) is 11.3. The molecule has 0 aromatic heterocycles. The van der Waals surface area contributed by atoms with Crippen molar-refractivity contribution in [3.63, 3.8) is 0 Å². The van der Waals surface area contributed by atoms with E-state index in [1.807, 2.05) is 0 Å². The molecule has 0 unspecified atom stereocenters. The van der Waals surface area contributed by atoms with Crippen LogP contribution in [-0.2, 0) is 17.5 Å². The molecular weight excluding hydrogens is 333 g/mol. The number of amides is 1. The van der Waals surface area contributed by atoms with Gasteiger partial charge >= 0.3 is 6.18 Å². The Balaban J connectivity index is 2.33. The SMILES string of the molecule is COCc1cccc(C(=O)Nc2ccc(N(C)C)cc2C(F)(F)F)c1. The molecule has 0 radical (unpaired) electrons. The maximum atomic E-state index is 13.3. The number of methoxy groups -OCH3 is 1. The molecule has 0 spiro atoms. The monoisotopic (exact) mass is 352 g/mol. The summed E-state index contributed by atoms with van der Waals surface area (Å²) in [5.41, 5.74) is 0.251. The zero-order chi connectivity index (χ0) is 18.6. The van der Waals surface area contributed by atoms with Crippen LogP contribution < -0.4 is 10.2 Å². The van der Waals surface area contributed by atoms with Crippen LogP contribution in [0.15, 0.2) is 42.5 Å². The molecule has 0 saturated heterocycles. The fourth-order valence-electron chi connectivity index (χ4n) is 2.32. The quantitative estimate of drug-likeness (QED) is 0.878. The summed E-state index contributed by atoms with van der Waals surface area (Å²) in [6.07, 6.45) is -4.58. The zero-order valence-corrected chi connectivity index (χ0v) is 14.1. The molecule has 0 aliphatic rings. The summed E-state index contributed by atoms with van der Waals surface area (Å²) in [7, 11) is 4.82. The fraction of sp³-hybridized carbons (Fsp3) is 0.278. The van der Waals surface area contributed by atoms with Gasteiger partial charge in [0.05, 0.1) is 17.9 Å². The molecule has 0 atom stereocenters. The van der Waals surface area contributed by atoms with Crippen molar-refractivity contribution in [1.29, 1.82) is 0 Å². The van der Waals surface area contributed by atoms with E-state index >= 15 is 0 Å². The lowest BCUT2D eigenvalue weighted by atomic mass is 10.1. The van der Waals surface area contributed by atoms with Gasteiger partial charge in [0, 0.05) is 32.5 Å². The Morgan fingerprint density at radius 2 is 1.88 bits per heavy atom. The molecule has 0 aliphatic carbocycles. The molecule has 25 heavy (non-hydrogen) atoms. The predicted octanol–water partition coefficient (Wildman–Crippen LogP) is 4.17. The lowest BCUT2D eigenvalue weighted by Gasteiger charge is -2.18. The highest BCUT2D eigenvalue weighted by Crippen LogP contribution is 2.37. The summed E-state index contributed by atoms with van der Waals surface area (Å²) in [6.45, 7) is 0.312. The van der Waals surface area contributed by atoms with E-state index in [1.54, 1.807) is 37.2 Å². The van der Waals surface area contributed by atoms with Crippen LogP contribution in [0.5, 0.6) is 0 Å². The molecule has 0 fully saturated rings. The lowest BCUT2D eigenvalue weighted by molar-refractivity contribution is -0.136. The first-order valence-corrected chi connectivity index (χ1v) is 7.50. The van der Waals surface area contributed by atoms with Crippen molar-refractivity contribution in [2.45, 2.75) is 12.8 Å². The molecule has 4 nitrogen and oxygen atoms in total. The van der Waals surface area contributed by atoms with E-state index in [4.69, 9.17) is 4.74 Å². The second-order valence-electron chi connectivity index (χ2n) is 5.71. The Morgan fingerprint density at radius 3 is 2.48 bits per heavy atom. The van der Waals surface area contributed by atoms with Gasteiger partial charge < -0.3 is 15.0 Å². The van der Waals surface area contributed by atoms with Gasteiger partial charge in [-0.1, -0.05) is 12.1 Å². The van der Waals surface area contributed by atoms with Crippen molar-refractivity contribution in [3.05, 3.63) is 59.2 Å². The topological polar surface area (TPSA) is 41.6 Å². The maximum Gasteiger partial charge on any atom is 0.418 e. The third-order valence-electron chi connectivity index (χ3n) is 3.57. The number of benzene rings is 2. The number of halogens is 3. The summed E-state index contributed by atoms with van der Waals surface area (Å²) in [6, 6.07) is 10.3. The van der Waals surface area contributed by atoms with Crippen molar-refractivity contribution in [2.24, 2.45) is 0 Å². The van der Waals surface area contributed by atoms with E-state index in [2.05, 4.69) is 5.32 Å². The minimum absolute atomic E-state index is 0.263. The minimum atomic E-state index is -4.58. The molecule has 7 heteroatoms. The number of hydrogen-bond acceptors (Lipinski definition) is 3. The molecule has 0 heterocycles. The summed E-state index contributed by atoms with van der Waals surface area (Å²) in [5, 5.41) is 2.35. The summed E-state index contributed by atoms with van der Waals surface area (Å²) in [4.78, 5) is 13.9. The molecule has 2 aromatic rings. The second kappa shape index (κ2) is 7.57. The standard InChI is InChI=1S/C18H19F3N2O2/c1-23(2)14-7-8-16(15(10-14)18(19,20)21)22-17(24)13-6-4-5-12(9-13)11-25-3/h4-10H,11H2,1-3H3,(H,22,24). The van der Waals surface area contributed by atoms with Gasteiger partial charge in [0.2, 0.25) is 0 Å². The molecule has 2 aromatic carbocycles. The predicted molar refractivity (Wildman–Crippen MR) is 90.9 cm³/mol. The number of carbonyl (C=O) groups is 1. The number of anilines is 2. The van der Waals surface area contributed by atoms with Crippen LogP contribution in [-0.4, -0.2) is 27.1 Å². The van der Waals surface area contributed by atoms with Crippen molar-refractivity contribution < 1.29 is 22.7 Å². The van der Waals surface area contributed by atoms with Gasteiger partial charge in [-0.05, 0) is 35.9 Å². The fourth-order valence-corrected chi connectivity index (χ4v) is 2.32. The van der Waals surface area contributed by atoms with Gasteiger partial charge in [0.15, 0.2) is 0 Å². The third kappa shape index (κ3) is 4.73. The largest absolute Gasteiger partial charge is 0.418 e. The van der Waals surface area contributed by atoms with Crippen molar-refractivity contribution in [2.75, 3.05) is 31.4 Å². The Bertz CT molecular complexity index is 758. The van der Waals surface area contributed by atoms with Crippen LogP contribution in [0, 0.1) is 0 Å². The Hall–Kier alpha value is -2.54. The van der Waals surface area contributed by atoms with E-state index < -0.39 is 17.6 Å². The van der Waals surface area contributed by atoms with Gasteiger partial charge in [0.25, 0.3) is 5.91 Å². The first-order chi connectivity index (χ1) is 11.7. The van der Waals surface area contributed by atoms with Gasteiger partial charge in [-0.3, -0.25) is 4.79 Å². The van der Waals surface area contributed by atoms with E-state index in [1.165, 1.54) is 25.3 Å². The van der Waals surface area contributed by atoms with Crippen LogP contribution in [0.4, 0.5) is 24.5 Å².